The fraction of sp³-hybridized carbons (Fsp3) is 0.400. The first-order chi connectivity index (χ1) is 7.16. The van der Waals surface area contributed by atoms with Crippen LogP contribution in [0.1, 0.15) is 33.0 Å². The second-order valence-electron chi connectivity index (χ2n) is 3.58. The van der Waals surface area contributed by atoms with Gasteiger partial charge in [-0.3, -0.25) is 10.1 Å². The lowest BCUT2D eigenvalue weighted by atomic mass is 9.99. The molecule has 0 radical (unpaired) electrons. The Morgan fingerprint density at radius 3 is 2.73 bits per heavy atom. The van der Waals surface area contributed by atoms with Gasteiger partial charge in [0.2, 0.25) is 0 Å². The van der Waals surface area contributed by atoms with E-state index in [1.165, 1.54) is 34.6 Å². The van der Waals surface area contributed by atoms with Gasteiger partial charge in [-0.25, -0.2) is 4.79 Å². The summed E-state index contributed by atoms with van der Waals surface area (Å²) in [6, 6.07) is 1.07. The quantitative estimate of drug-likeness (QED) is 0.757. The molecule has 1 aromatic heterocycles. The summed E-state index contributed by atoms with van der Waals surface area (Å²) in [7, 11) is 0. The molecule has 0 spiro atoms. The number of aryl methyl sites for hydroxylation is 2. The van der Waals surface area contributed by atoms with Crippen molar-refractivity contribution in [1.29, 1.82) is 0 Å². The van der Waals surface area contributed by atoms with Crippen molar-refractivity contribution >= 4 is 23.3 Å². The molecule has 5 heteroatoms. The number of fused-ring (bicyclic) bond motifs is 1. The average Bonchev–Trinajstić information content (AvgIpc) is 2.59. The molecule has 1 aromatic rings. The molecule has 0 aliphatic heterocycles. The van der Waals surface area contributed by atoms with E-state index in [0.29, 0.717) is 4.88 Å². The van der Waals surface area contributed by atoms with E-state index in [1.54, 1.807) is 0 Å². The molecule has 0 saturated carbocycles. The third-order valence-corrected chi connectivity index (χ3v) is 3.69. The second-order valence-corrected chi connectivity index (χ2v) is 4.72. The first-order valence-corrected chi connectivity index (χ1v) is 5.71. The number of thiophene rings is 1. The minimum absolute atomic E-state index is 0.387. The predicted octanol–water partition coefficient (Wildman–Crippen LogP) is 1.44. The van der Waals surface area contributed by atoms with Crippen LogP contribution in [0.25, 0.3) is 0 Å². The first-order valence-electron chi connectivity index (χ1n) is 4.89. The Hall–Kier alpha value is -1.36. The van der Waals surface area contributed by atoms with Crippen LogP contribution in [0.15, 0.2) is 6.07 Å². The highest BCUT2D eigenvalue weighted by Gasteiger charge is 2.17. The Balaban J connectivity index is 2.18. The maximum atomic E-state index is 11.5. The van der Waals surface area contributed by atoms with Crippen molar-refractivity contribution in [3.05, 3.63) is 21.4 Å². The van der Waals surface area contributed by atoms with Gasteiger partial charge >= 0.3 is 6.03 Å². The Morgan fingerprint density at radius 2 is 2.07 bits per heavy atom. The molecule has 0 saturated heterocycles. The zero-order valence-corrected chi connectivity index (χ0v) is 9.02. The van der Waals surface area contributed by atoms with Crippen molar-refractivity contribution in [3.63, 3.8) is 0 Å². The van der Waals surface area contributed by atoms with Gasteiger partial charge in [0, 0.05) is 4.88 Å². The van der Waals surface area contributed by atoms with Crippen LogP contribution < -0.4 is 11.1 Å². The van der Waals surface area contributed by atoms with Gasteiger partial charge in [0.1, 0.15) is 0 Å². The number of carbonyl (C=O) groups is 2. The number of carbonyl (C=O) groups excluding carboxylic acids is 2. The summed E-state index contributed by atoms with van der Waals surface area (Å²) in [6.07, 6.45) is 4.45. The van der Waals surface area contributed by atoms with Crippen LogP contribution in [-0.4, -0.2) is 11.9 Å². The Bertz CT molecular complexity index is 388. The third kappa shape index (κ3) is 2.18. The van der Waals surface area contributed by atoms with E-state index in [4.69, 9.17) is 5.73 Å². The maximum absolute atomic E-state index is 11.5. The molecule has 15 heavy (non-hydrogen) atoms. The van der Waals surface area contributed by atoms with Crippen LogP contribution in [0.3, 0.4) is 0 Å². The molecule has 0 atom stereocenters. The number of rotatable bonds is 1. The Labute approximate surface area is 91.5 Å². The lowest BCUT2D eigenvalue weighted by Gasteiger charge is -2.08. The largest absolute Gasteiger partial charge is 0.351 e. The summed E-state index contributed by atoms with van der Waals surface area (Å²) in [5, 5.41) is 2.08. The topological polar surface area (TPSA) is 72.2 Å². The Kier molecular flexibility index (Phi) is 2.73. The van der Waals surface area contributed by atoms with Crippen molar-refractivity contribution in [2.24, 2.45) is 5.73 Å². The molecular weight excluding hydrogens is 212 g/mol. The molecule has 1 heterocycles. The van der Waals surface area contributed by atoms with Gasteiger partial charge in [0.05, 0.1) is 4.88 Å². The molecule has 3 amide bonds. The highest BCUT2D eigenvalue weighted by atomic mass is 32.1. The highest BCUT2D eigenvalue weighted by molar-refractivity contribution is 7.14. The number of primary amides is 1. The molecule has 3 N–H and O–H groups in total. The number of urea groups is 1. The maximum Gasteiger partial charge on any atom is 0.319 e. The SMILES string of the molecule is NC(=O)NC(=O)c1cc2c(s1)CCCC2. The molecule has 1 aliphatic rings. The van der Waals surface area contributed by atoms with Crippen molar-refractivity contribution in [1.82, 2.24) is 5.32 Å². The number of imide groups is 1. The fourth-order valence-electron chi connectivity index (χ4n) is 1.78. The van der Waals surface area contributed by atoms with Crippen molar-refractivity contribution < 1.29 is 9.59 Å². The molecule has 1 aliphatic carbocycles. The molecule has 0 aromatic carbocycles. The zero-order chi connectivity index (χ0) is 10.8. The number of nitrogens with two attached hydrogens (primary N) is 1. The van der Waals surface area contributed by atoms with Crippen LogP contribution in [0.2, 0.25) is 0 Å². The average molecular weight is 224 g/mol. The molecule has 2 rings (SSSR count). The standard InChI is InChI=1S/C10H12N2O2S/c11-10(14)12-9(13)8-5-6-3-1-2-4-7(6)15-8/h5H,1-4H2,(H3,11,12,13,14). The van der Waals surface area contributed by atoms with E-state index in [0.717, 1.165) is 12.8 Å². The summed E-state index contributed by atoms with van der Waals surface area (Å²) >= 11 is 1.47. The van der Waals surface area contributed by atoms with Gasteiger partial charge in [0.15, 0.2) is 0 Å². The summed E-state index contributed by atoms with van der Waals surface area (Å²) in [4.78, 5) is 23.9. The number of hydrogen-bond acceptors (Lipinski definition) is 3. The van der Waals surface area contributed by atoms with Gasteiger partial charge in [-0.2, -0.15) is 0 Å². The van der Waals surface area contributed by atoms with E-state index < -0.39 is 6.03 Å². The summed E-state index contributed by atoms with van der Waals surface area (Å²) in [5.41, 5.74) is 6.14. The fourth-order valence-corrected chi connectivity index (χ4v) is 2.92. The van der Waals surface area contributed by atoms with Gasteiger partial charge in [-0.1, -0.05) is 0 Å². The van der Waals surface area contributed by atoms with E-state index in [9.17, 15) is 9.59 Å². The van der Waals surface area contributed by atoms with Crippen molar-refractivity contribution in [2.45, 2.75) is 25.7 Å². The lowest BCUT2D eigenvalue weighted by molar-refractivity contribution is 0.0970. The van der Waals surface area contributed by atoms with Crippen molar-refractivity contribution in [3.8, 4) is 0 Å². The van der Waals surface area contributed by atoms with Gasteiger partial charge in [-0.15, -0.1) is 11.3 Å². The number of nitrogens with one attached hydrogen (secondary N) is 1. The van der Waals surface area contributed by atoms with Crippen LogP contribution in [-0.2, 0) is 12.8 Å². The normalized spacial score (nSPS) is 14.4. The van der Waals surface area contributed by atoms with Crippen molar-refractivity contribution in [2.75, 3.05) is 0 Å². The monoisotopic (exact) mass is 224 g/mol. The van der Waals surface area contributed by atoms with Gasteiger partial charge < -0.3 is 5.73 Å². The van der Waals surface area contributed by atoms with E-state index >= 15 is 0 Å². The molecule has 0 unspecified atom stereocenters. The lowest BCUT2D eigenvalue weighted by Crippen LogP contribution is -2.34. The van der Waals surface area contributed by atoms with E-state index in [1.807, 2.05) is 6.07 Å². The number of hydrogen-bond donors (Lipinski definition) is 2. The minimum atomic E-state index is -0.800. The van der Waals surface area contributed by atoms with E-state index in [2.05, 4.69) is 5.32 Å². The van der Waals surface area contributed by atoms with Crippen LogP contribution in [0, 0.1) is 0 Å². The van der Waals surface area contributed by atoms with E-state index in [-0.39, 0.29) is 5.91 Å². The van der Waals surface area contributed by atoms with Crippen LogP contribution >= 0.6 is 11.3 Å². The van der Waals surface area contributed by atoms with Gasteiger partial charge in [-0.05, 0) is 37.3 Å². The Morgan fingerprint density at radius 1 is 1.33 bits per heavy atom. The first kappa shape index (κ1) is 10.2. The number of amides is 3. The third-order valence-electron chi connectivity index (χ3n) is 2.46. The van der Waals surface area contributed by atoms with Crippen LogP contribution in [0.4, 0.5) is 4.79 Å². The summed E-state index contributed by atoms with van der Waals surface area (Å²) in [5.74, 6) is -0.387. The minimum Gasteiger partial charge on any atom is -0.351 e. The zero-order valence-electron chi connectivity index (χ0n) is 8.21. The molecule has 0 fully saturated rings. The molecular formula is C10H12N2O2S. The second kappa shape index (κ2) is 4.02. The highest BCUT2D eigenvalue weighted by Crippen LogP contribution is 2.29. The summed E-state index contributed by atoms with van der Waals surface area (Å²) in [6.45, 7) is 0. The van der Waals surface area contributed by atoms with Crippen LogP contribution in [0.5, 0.6) is 0 Å². The molecule has 80 valence electrons. The molecule has 0 bridgehead atoms. The van der Waals surface area contributed by atoms with Gasteiger partial charge in [0.25, 0.3) is 5.91 Å². The molecule has 4 nitrogen and oxygen atoms in total. The summed E-state index contributed by atoms with van der Waals surface area (Å²) < 4.78 is 0. The smallest absolute Gasteiger partial charge is 0.319 e. The predicted molar refractivity (Wildman–Crippen MR) is 58.0 cm³/mol.